The highest BCUT2D eigenvalue weighted by atomic mass is 15.0. The number of hydrogen-bond donors (Lipinski definition) is 0. The van der Waals surface area contributed by atoms with E-state index in [4.69, 9.17) is 0 Å². The van der Waals surface area contributed by atoms with Gasteiger partial charge in [-0.3, -0.25) is 0 Å². The second-order valence-corrected chi connectivity index (χ2v) is 3.23. The second kappa shape index (κ2) is 3.54. The van der Waals surface area contributed by atoms with Crippen LogP contribution in [0.5, 0.6) is 0 Å². The monoisotopic (exact) mass is 185 g/mol. The van der Waals surface area contributed by atoms with Crippen molar-refractivity contribution in [2.45, 2.75) is 13.8 Å². The van der Waals surface area contributed by atoms with Crippen LogP contribution >= 0.6 is 0 Å². The first kappa shape index (κ1) is 8.81. The maximum atomic E-state index is 4.26. The number of aryl methyl sites for hydroxylation is 2. The van der Waals surface area contributed by atoms with Gasteiger partial charge in [0.2, 0.25) is 0 Å². The van der Waals surface area contributed by atoms with E-state index < -0.39 is 0 Å². The fraction of sp³-hybridized carbons (Fsp3) is 0.182. The van der Waals surface area contributed by atoms with Crippen LogP contribution in [0.15, 0.2) is 30.6 Å². The SMILES string of the molecule is Cc1cccc(-c2ncnc(C)n2)c1. The summed E-state index contributed by atoms with van der Waals surface area (Å²) in [4.78, 5) is 12.4. The summed E-state index contributed by atoms with van der Waals surface area (Å²) in [7, 11) is 0. The Kier molecular flexibility index (Phi) is 2.23. The molecule has 1 aromatic carbocycles. The van der Waals surface area contributed by atoms with Gasteiger partial charge in [0.05, 0.1) is 0 Å². The highest BCUT2D eigenvalue weighted by Crippen LogP contribution is 2.14. The molecule has 0 radical (unpaired) electrons. The Morgan fingerprint density at radius 2 is 1.93 bits per heavy atom. The number of rotatable bonds is 1. The Labute approximate surface area is 82.9 Å². The van der Waals surface area contributed by atoms with Crippen molar-refractivity contribution in [2.24, 2.45) is 0 Å². The van der Waals surface area contributed by atoms with Crippen molar-refractivity contribution in [2.75, 3.05) is 0 Å². The quantitative estimate of drug-likeness (QED) is 0.683. The lowest BCUT2D eigenvalue weighted by Gasteiger charge is -2.00. The minimum absolute atomic E-state index is 0.737. The van der Waals surface area contributed by atoms with E-state index in [0.29, 0.717) is 0 Å². The molecule has 3 nitrogen and oxygen atoms in total. The zero-order valence-corrected chi connectivity index (χ0v) is 8.23. The summed E-state index contributed by atoms with van der Waals surface area (Å²) in [5.74, 6) is 1.48. The van der Waals surface area contributed by atoms with Crippen molar-refractivity contribution in [3.63, 3.8) is 0 Å². The van der Waals surface area contributed by atoms with Crippen LogP contribution < -0.4 is 0 Å². The molecule has 0 aliphatic heterocycles. The van der Waals surface area contributed by atoms with Crippen LogP contribution in [0.3, 0.4) is 0 Å². The van der Waals surface area contributed by atoms with Gasteiger partial charge in [0.15, 0.2) is 5.82 Å². The fourth-order valence-corrected chi connectivity index (χ4v) is 1.30. The normalized spacial score (nSPS) is 10.1. The van der Waals surface area contributed by atoms with Gasteiger partial charge in [-0.15, -0.1) is 0 Å². The maximum absolute atomic E-state index is 4.26. The van der Waals surface area contributed by atoms with Crippen LogP contribution in [0.25, 0.3) is 11.4 Å². The van der Waals surface area contributed by atoms with Crippen LogP contribution in [-0.2, 0) is 0 Å². The lowest BCUT2D eigenvalue weighted by atomic mass is 10.1. The first-order chi connectivity index (χ1) is 6.75. The van der Waals surface area contributed by atoms with Gasteiger partial charge < -0.3 is 0 Å². The third kappa shape index (κ3) is 1.76. The molecule has 3 heteroatoms. The van der Waals surface area contributed by atoms with Crippen molar-refractivity contribution >= 4 is 0 Å². The average Bonchev–Trinajstić information content (AvgIpc) is 2.18. The molecule has 0 saturated carbocycles. The highest BCUT2D eigenvalue weighted by Gasteiger charge is 2.00. The molecule has 0 aliphatic carbocycles. The van der Waals surface area contributed by atoms with Gasteiger partial charge in [0.1, 0.15) is 12.2 Å². The molecule has 0 N–H and O–H groups in total. The van der Waals surface area contributed by atoms with E-state index in [1.165, 1.54) is 5.56 Å². The first-order valence-electron chi connectivity index (χ1n) is 4.48. The van der Waals surface area contributed by atoms with E-state index in [-0.39, 0.29) is 0 Å². The van der Waals surface area contributed by atoms with Crippen molar-refractivity contribution in [3.05, 3.63) is 42.0 Å². The van der Waals surface area contributed by atoms with Crippen LogP contribution in [-0.4, -0.2) is 15.0 Å². The zero-order chi connectivity index (χ0) is 9.97. The van der Waals surface area contributed by atoms with Gasteiger partial charge in [-0.25, -0.2) is 15.0 Å². The average molecular weight is 185 g/mol. The van der Waals surface area contributed by atoms with Crippen LogP contribution in [0.4, 0.5) is 0 Å². The van der Waals surface area contributed by atoms with Crippen molar-refractivity contribution < 1.29 is 0 Å². The summed E-state index contributed by atoms with van der Waals surface area (Å²) in [5, 5.41) is 0. The lowest BCUT2D eigenvalue weighted by molar-refractivity contribution is 0.982. The summed E-state index contributed by atoms with van der Waals surface area (Å²) >= 11 is 0. The molecule has 1 heterocycles. The lowest BCUT2D eigenvalue weighted by Crippen LogP contribution is -1.93. The Morgan fingerprint density at radius 1 is 1.07 bits per heavy atom. The standard InChI is InChI=1S/C11H11N3/c1-8-4-3-5-10(6-8)11-13-7-12-9(2)14-11/h3-7H,1-2H3. The molecule has 0 aliphatic rings. The van der Waals surface area contributed by atoms with E-state index in [0.717, 1.165) is 17.2 Å². The third-order valence-electron chi connectivity index (χ3n) is 1.97. The molecule has 0 unspecified atom stereocenters. The molecule has 0 amide bonds. The van der Waals surface area contributed by atoms with Gasteiger partial charge in [-0.2, -0.15) is 0 Å². The number of nitrogens with zero attached hydrogens (tertiary/aromatic N) is 3. The summed E-state index contributed by atoms with van der Waals surface area (Å²) in [6.45, 7) is 3.92. The van der Waals surface area contributed by atoms with Crippen LogP contribution in [0.1, 0.15) is 11.4 Å². The van der Waals surface area contributed by atoms with E-state index >= 15 is 0 Å². The van der Waals surface area contributed by atoms with Gasteiger partial charge >= 0.3 is 0 Å². The Bertz CT molecular complexity index is 408. The molecule has 2 rings (SSSR count). The summed E-state index contributed by atoms with van der Waals surface area (Å²) in [6.07, 6.45) is 1.54. The van der Waals surface area contributed by atoms with Gasteiger partial charge in [-0.05, 0) is 19.9 Å². The van der Waals surface area contributed by atoms with Crippen molar-refractivity contribution in [3.8, 4) is 11.4 Å². The number of aromatic nitrogens is 3. The Balaban J connectivity index is 2.49. The Hall–Kier alpha value is -1.77. The van der Waals surface area contributed by atoms with E-state index in [1.807, 2.05) is 19.1 Å². The number of hydrogen-bond acceptors (Lipinski definition) is 3. The second-order valence-electron chi connectivity index (χ2n) is 3.23. The molecule has 2 aromatic rings. The van der Waals surface area contributed by atoms with Gasteiger partial charge in [0, 0.05) is 5.56 Å². The highest BCUT2D eigenvalue weighted by molar-refractivity contribution is 5.55. The largest absolute Gasteiger partial charge is 0.222 e. The summed E-state index contributed by atoms with van der Waals surface area (Å²) in [5.41, 5.74) is 2.25. The topological polar surface area (TPSA) is 38.7 Å². The maximum Gasteiger partial charge on any atom is 0.162 e. The first-order valence-corrected chi connectivity index (χ1v) is 4.48. The van der Waals surface area contributed by atoms with E-state index in [2.05, 4.69) is 34.0 Å². The fourth-order valence-electron chi connectivity index (χ4n) is 1.30. The third-order valence-corrected chi connectivity index (χ3v) is 1.97. The molecule has 0 fully saturated rings. The van der Waals surface area contributed by atoms with E-state index in [1.54, 1.807) is 6.33 Å². The molecular weight excluding hydrogens is 174 g/mol. The smallest absolute Gasteiger partial charge is 0.162 e. The molecule has 0 bridgehead atoms. The Morgan fingerprint density at radius 3 is 2.64 bits per heavy atom. The summed E-state index contributed by atoms with van der Waals surface area (Å²) in [6, 6.07) is 8.12. The number of benzene rings is 1. The molecular formula is C11H11N3. The zero-order valence-electron chi connectivity index (χ0n) is 8.23. The van der Waals surface area contributed by atoms with E-state index in [9.17, 15) is 0 Å². The predicted octanol–water partition coefficient (Wildman–Crippen LogP) is 2.16. The van der Waals surface area contributed by atoms with Gasteiger partial charge in [0.25, 0.3) is 0 Å². The molecule has 0 saturated heterocycles. The molecule has 14 heavy (non-hydrogen) atoms. The van der Waals surface area contributed by atoms with Gasteiger partial charge in [-0.1, -0.05) is 23.8 Å². The minimum atomic E-state index is 0.737. The summed E-state index contributed by atoms with van der Waals surface area (Å²) < 4.78 is 0. The molecule has 0 spiro atoms. The van der Waals surface area contributed by atoms with Crippen LogP contribution in [0, 0.1) is 13.8 Å². The molecule has 1 aromatic heterocycles. The van der Waals surface area contributed by atoms with Crippen LogP contribution in [0.2, 0.25) is 0 Å². The molecule has 0 atom stereocenters. The minimum Gasteiger partial charge on any atom is -0.222 e. The van der Waals surface area contributed by atoms with Crippen molar-refractivity contribution in [1.82, 2.24) is 15.0 Å². The predicted molar refractivity (Wildman–Crippen MR) is 54.7 cm³/mol. The molecule has 70 valence electrons. The van der Waals surface area contributed by atoms with Crippen molar-refractivity contribution in [1.29, 1.82) is 0 Å².